The molecule has 0 unspecified atom stereocenters. The number of ether oxygens (including phenoxy) is 2. The van der Waals surface area contributed by atoms with Crippen molar-refractivity contribution < 1.29 is 23.9 Å². The fraction of sp³-hybridized carbons (Fsp3) is 0.105. The van der Waals surface area contributed by atoms with Gasteiger partial charge < -0.3 is 14.8 Å². The smallest absolute Gasteiger partial charge is 0.337 e. The Bertz CT molecular complexity index is 979. The zero-order valence-corrected chi connectivity index (χ0v) is 15.1. The molecule has 142 valence electrons. The Morgan fingerprint density at radius 3 is 2.00 bits per heavy atom. The molecule has 0 bridgehead atoms. The first-order valence-corrected chi connectivity index (χ1v) is 8.10. The molecule has 1 amide bonds. The van der Waals surface area contributed by atoms with Gasteiger partial charge in [-0.25, -0.2) is 19.3 Å². The number of nitrogens with one attached hydrogen (secondary N) is 1. The summed E-state index contributed by atoms with van der Waals surface area (Å²) in [4.78, 5) is 40.1. The number of esters is 2. The molecule has 1 N–H and O–H groups in total. The minimum Gasteiger partial charge on any atom is -0.465 e. The number of carbonyl (C=O) groups is 3. The van der Waals surface area contributed by atoms with Crippen LogP contribution in [-0.2, 0) is 9.47 Å². The fourth-order valence-corrected chi connectivity index (χ4v) is 2.48. The normalized spacial score (nSPS) is 10.2. The molecular formula is C19H16N4O5. The van der Waals surface area contributed by atoms with Crippen molar-refractivity contribution in [3.8, 4) is 5.69 Å². The highest BCUT2D eigenvalue weighted by Crippen LogP contribution is 2.18. The average Bonchev–Trinajstić information content (AvgIpc) is 3.27. The minimum atomic E-state index is -0.640. The summed E-state index contributed by atoms with van der Waals surface area (Å²) in [6, 6.07) is 10.8. The van der Waals surface area contributed by atoms with Crippen LogP contribution in [0.2, 0.25) is 0 Å². The van der Waals surface area contributed by atoms with Crippen LogP contribution in [-0.4, -0.2) is 46.8 Å². The second-order valence-corrected chi connectivity index (χ2v) is 5.62. The third-order valence-electron chi connectivity index (χ3n) is 3.85. The predicted octanol–water partition coefficient (Wildman–Crippen LogP) is 2.09. The zero-order valence-electron chi connectivity index (χ0n) is 15.1. The number of carbonyl (C=O) groups excluding carboxylic acids is 3. The van der Waals surface area contributed by atoms with E-state index in [1.807, 2.05) is 0 Å². The van der Waals surface area contributed by atoms with Crippen LogP contribution in [0, 0.1) is 0 Å². The van der Waals surface area contributed by atoms with Gasteiger partial charge in [0.15, 0.2) is 0 Å². The number of hydrogen-bond donors (Lipinski definition) is 1. The van der Waals surface area contributed by atoms with Crippen molar-refractivity contribution in [2.24, 2.45) is 0 Å². The zero-order chi connectivity index (χ0) is 20.1. The predicted molar refractivity (Wildman–Crippen MR) is 98.4 cm³/mol. The third-order valence-corrected chi connectivity index (χ3v) is 3.85. The maximum Gasteiger partial charge on any atom is 0.337 e. The van der Waals surface area contributed by atoms with Crippen molar-refractivity contribution in [2.75, 3.05) is 19.5 Å². The lowest BCUT2D eigenvalue weighted by Gasteiger charge is -2.10. The summed E-state index contributed by atoms with van der Waals surface area (Å²) in [5, 5.41) is 6.68. The van der Waals surface area contributed by atoms with Crippen LogP contribution in [0.3, 0.4) is 0 Å². The van der Waals surface area contributed by atoms with E-state index >= 15 is 0 Å². The standard InChI is InChI=1S/C19H16N4O5/c1-27-18(25)13-7-14(19(26)28-2)9-15(8-13)22-17(24)12-3-5-16(6-4-12)23-11-20-10-21-23/h3-11H,1-2H3,(H,22,24). The van der Waals surface area contributed by atoms with E-state index in [4.69, 9.17) is 0 Å². The number of benzene rings is 2. The van der Waals surface area contributed by atoms with Crippen molar-refractivity contribution in [1.29, 1.82) is 0 Å². The molecule has 0 fully saturated rings. The van der Waals surface area contributed by atoms with Crippen LogP contribution in [0.25, 0.3) is 5.69 Å². The van der Waals surface area contributed by atoms with E-state index in [0.717, 1.165) is 5.69 Å². The van der Waals surface area contributed by atoms with Gasteiger partial charge in [-0.15, -0.1) is 0 Å². The average molecular weight is 380 g/mol. The molecular weight excluding hydrogens is 364 g/mol. The quantitative estimate of drug-likeness (QED) is 0.675. The van der Waals surface area contributed by atoms with E-state index in [-0.39, 0.29) is 16.8 Å². The van der Waals surface area contributed by atoms with E-state index in [1.54, 1.807) is 35.3 Å². The Balaban J connectivity index is 1.84. The van der Waals surface area contributed by atoms with Crippen LogP contribution in [0.1, 0.15) is 31.1 Å². The number of hydrogen-bond acceptors (Lipinski definition) is 7. The van der Waals surface area contributed by atoms with Gasteiger partial charge in [-0.05, 0) is 42.5 Å². The second-order valence-electron chi connectivity index (χ2n) is 5.62. The van der Waals surface area contributed by atoms with Crippen molar-refractivity contribution in [3.63, 3.8) is 0 Å². The summed E-state index contributed by atoms with van der Waals surface area (Å²) in [7, 11) is 2.45. The van der Waals surface area contributed by atoms with Gasteiger partial charge in [0, 0.05) is 11.3 Å². The molecule has 2 aromatic carbocycles. The largest absolute Gasteiger partial charge is 0.465 e. The molecule has 3 aromatic rings. The summed E-state index contributed by atoms with van der Waals surface area (Å²) in [6.45, 7) is 0. The maximum absolute atomic E-state index is 12.5. The maximum atomic E-state index is 12.5. The number of nitrogens with zero attached hydrogens (tertiary/aromatic N) is 3. The molecule has 0 aliphatic heterocycles. The molecule has 1 heterocycles. The molecule has 0 radical (unpaired) electrons. The van der Waals surface area contributed by atoms with Crippen molar-refractivity contribution in [1.82, 2.24) is 14.8 Å². The van der Waals surface area contributed by atoms with Crippen LogP contribution in [0.5, 0.6) is 0 Å². The molecule has 0 saturated heterocycles. The Morgan fingerprint density at radius 1 is 0.893 bits per heavy atom. The number of amides is 1. The monoisotopic (exact) mass is 380 g/mol. The van der Waals surface area contributed by atoms with Gasteiger partial charge >= 0.3 is 11.9 Å². The van der Waals surface area contributed by atoms with Crippen molar-refractivity contribution in [3.05, 3.63) is 71.8 Å². The van der Waals surface area contributed by atoms with Crippen molar-refractivity contribution >= 4 is 23.5 Å². The fourth-order valence-electron chi connectivity index (χ4n) is 2.48. The van der Waals surface area contributed by atoms with Gasteiger partial charge in [-0.2, -0.15) is 5.10 Å². The summed E-state index contributed by atoms with van der Waals surface area (Å²) < 4.78 is 10.9. The minimum absolute atomic E-state index is 0.113. The molecule has 0 aliphatic rings. The number of aromatic nitrogens is 3. The Kier molecular flexibility index (Phi) is 5.45. The van der Waals surface area contributed by atoms with Crippen LogP contribution in [0.4, 0.5) is 5.69 Å². The first-order valence-electron chi connectivity index (χ1n) is 8.10. The van der Waals surface area contributed by atoms with Crippen LogP contribution in [0.15, 0.2) is 55.1 Å². The molecule has 0 saturated carbocycles. The number of anilines is 1. The first-order chi connectivity index (χ1) is 13.5. The van der Waals surface area contributed by atoms with Gasteiger partial charge in [-0.3, -0.25) is 4.79 Å². The summed E-state index contributed by atoms with van der Waals surface area (Å²) in [5.41, 5.74) is 1.61. The SMILES string of the molecule is COC(=O)c1cc(NC(=O)c2ccc(-n3cncn3)cc2)cc(C(=O)OC)c1. The van der Waals surface area contributed by atoms with E-state index in [9.17, 15) is 14.4 Å². The van der Waals surface area contributed by atoms with E-state index in [2.05, 4.69) is 24.9 Å². The third kappa shape index (κ3) is 4.04. The number of methoxy groups -OCH3 is 2. The molecule has 0 spiro atoms. The number of rotatable bonds is 5. The Labute approximate surface area is 159 Å². The molecule has 3 rings (SSSR count). The van der Waals surface area contributed by atoms with Gasteiger partial charge in [0.25, 0.3) is 5.91 Å². The lowest BCUT2D eigenvalue weighted by atomic mass is 10.1. The highest BCUT2D eigenvalue weighted by Gasteiger charge is 2.15. The summed E-state index contributed by atoms with van der Waals surface area (Å²) in [6.07, 6.45) is 2.95. The first kappa shape index (κ1) is 18.8. The Hall–Kier alpha value is -4.01. The highest BCUT2D eigenvalue weighted by molar-refractivity contribution is 6.06. The van der Waals surface area contributed by atoms with Gasteiger partial charge in [-0.1, -0.05) is 0 Å². The summed E-state index contributed by atoms with van der Waals surface area (Å²) >= 11 is 0. The lowest BCUT2D eigenvalue weighted by Crippen LogP contribution is -2.14. The van der Waals surface area contributed by atoms with E-state index in [1.165, 1.54) is 38.7 Å². The van der Waals surface area contributed by atoms with E-state index < -0.39 is 17.8 Å². The van der Waals surface area contributed by atoms with Crippen molar-refractivity contribution in [2.45, 2.75) is 0 Å². The molecule has 1 aromatic heterocycles. The van der Waals surface area contributed by atoms with Crippen LogP contribution < -0.4 is 5.32 Å². The molecule has 9 heteroatoms. The van der Waals surface area contributed by atoms with E-state index in [0.29, 0.717) is 5.56 Å². The second kappa shape index (κ2) is 8.12. The van der Waals surface area contributed by atoms with Gasteiger partial charge in [0.05, 0.1) is 31.0 Å². The molecule has 0 aliphatic carbocycles. The van der Waals surface area contributed by atoms with Gasteiger partial charge in [0.1, 0.15) is 12.7 Å². The Morgan fingerprint density at radius 2 is 1.50 bits per heavy atom. The van der Waals surface area contributed by atoms with Gasteiger partial charge in [0.2, 0.25) is 0 Å². The molecule has 0 atom stereocenters. The topological polar surface area (TPSA) is 112 Å². The van der Waals surface area contributed by atoms with Crippen LogP contribution >= 0.6 is 0 Å². The molecule has 28 heavy (non-hydrogen) atoms. The highest BCUT2D eigenvalue weighted by atomic mass is 16.5. The summed E-state index contributed by atoms with van der Waals surface area (Å²) in [5.74, 6) is -1.69. The lowest BCUT2D eigenvalue weighted by molar-refractivity contribution is 0.0599. The molecule has 9 nitrogen and oxygen atoms in total.